The number of methoxy groups -OCH3 is 1. The molecule has 1 aromatic heterocycles. The molecule has 2 rings (SSSR count). The fourth-order valence-corrected chi connectivity index (χ4v) is 1.47. The van der Waals surface area contributed by atoms with Crippen molar-refractivity contribution in [2.45, 2.75) is 0 Å². The Kier molecular flexibility index (Phi) is 2.72. The third-order valence-electron chi connectivity index (χ3n) is 2.27. The largest absolute Gasteiger partial charge is 0.497 e. The quantitative estimate of drug-likeness (QED) is 0.842. The van der Waals surface area contributed by atoms with Gasteiger partial charge >= 0.3 is 0 Å². The van der Waals surface area contributed by atoms with Gasteiger partial charge in [0.05, 0.1) is 7.11 Å². The van der Waals surface area contributed by atoms with Gasteiger partial charge in [-0.25, -0.2) is 9.37 Å². The summed E-state index contributed by atoms with van der Waals surface area (Å²) < 4.78 is 18.6. The van der Waals surface area contributed by atoms with E-state index in [2.05, 4.69) is 4.98 Å². The van der Waals surface area contributed by atoms with Crippen molar-refractivity contribution in [3.05, 3.63) is 42.3 Å². The molecule has 0 amide bonds. The van der Waals surface area contributed by atoms with E-state index in [9.17, 15) is 4.39 Å². The molecule has 0 bridgehead atoms. The second-order valence-corrected chi connectivity index (χ2v) is 3.32. The van der Waals surface area contributed by atoms with E-state index < -0.39 is 0 Å². The molecule has 1 aromatic carbocycles. The average Bonchev–Trinajstić information content (AvgIpc) is 2.28. The molecule has 82 valence electrons. The number of halogens is 1. The molecule has 0 saturated carbocycles. The van der Waals surface area contributed by atoms with Crippen LogP contribution in [0.3, 0.4) is 0 Å². The zero-order valence-corrected chi connectivity index (χ0v) is 8.77. The summed E-state index contributed by atoms with van der Waals surface area (Å²) in [6, 6.07) is 8.04. The van der Waals surface area contributed by atoms with Gasteiger partial charge in [-0.2, -0.15) is 0 Å². The number of rotatable bonds is 2. The predicted molar refractivity (Wildman–Crippen MR) is 60.6 cm³/mol. The Balaban J connectivity index is 2.48. The van der Waals surface area contributed by atoms with Crippen molar-refractivity contribution in [3.63, 3.8) is 0 Å². The van der Waals surface area contributed by atoms with E-state index in [1.807, 2.05) is 0 Å². The number of nitrogen functional groups attached to an aromatic ring is 1. The van der Waals surface area contributed by atoms with Gasteiger partial charge in [0.1, 0.15) is 17.4 Å². The minimum Gasteiger partial charge on any atom is -0.497 e. The van der Waals surface area contributed by atoms with Gasteiger partial charge in [-0.05, 0) is 29.8 Å². The van der Waals surface area contributed by atoms with Crippen molar-refractivity contribution < 1.29 is 9.13 Å². The minimum atomic E-state index is -0.343. The molecule has 0 saturated heterocycles. The summed E-state index contributed by atoms with van der Waals surface area (Å²) >= 11 is 0. The van der Waals surface area contributed by atoms with E-state index in [0.717, 1.165) is 0 Å². The van der Waals surface area contributed by atoms with Crippen molar-refractivity contribution in [1.82, 2.24) is 4.98 Å². The number of pyridine rings is 1. The number of nitrogens with two attached hydrogens (primary N) is 1. The standard InChI is InChI=1S/C12H11FN2O/c1-16-9-2-3-10(11(13)7-9)8-4-5-15-12(14)6-8/h2-7H,1H3,(H2,14,15). The van der Waals surface area contributed by atoms with Gasteiger partial charge < -0.3 is 10.5 Å². The molecule has 0 radical (unpaired) electrons. The van der Waals surface area contributed by atoms with Crippen LogP contribution in [0.2, 0.25) is 0 Å². The lowest BCUT2D eigenvalue weighted by molar-refractivity contribution is 0.411. The normalized spacial score (nSPS) is 10.1. The highest BCUT2D eigenvalue weighted by atomic mass is 19.1. The molecule has 2 N–H and O–H groups in total. The smallest absolute Gasteiger partial charge is 0.134 e. The number of anilines is 1. The van der Waals surface area contributed by atoms with Gasteiger partial charge in [0.15, 0.2) is 0 Å². The van der Waals surface area contributed by atoms with E-state index in [-0.39, 0.29) is 5.82 Å². The maximum atomic E-state index is 13.7. The Bertz CT molecular complexity index is 514. The Morgan fingerprint density at radius 3 is 2.69 bits per heavy atom. The average molecular weight is 218 g/mol. The topological polar surface area (TPSA) is 48.1 Å². The first-order valence-corrected chi connectivity index (χ1v) is 4.76. The van der Waals surface area contributed by atoms with Crippen molar-refractivity contribution in [1.29, 1.82) is 0 Å². The predicted octanol–water partition coefficient (Wildman–Crippen LogP) is 2.48. The van der Waals surface area contributed by atoms with E-state index in [0.29, 0.717) is 22.7 Å². The van der Waals surface area contributed by atoms with E-state index in [1.54, 1.807) is 30.5 Å². The number of hydrogen-bond acceptors (Lipinski definition) is 3. The zero-order chi connectivity index (χ0) is 11.5. The van der Waals surface area contributed by atoms with Gasteiger partial charge in [-0.3, -0.25) is 0 Å². The SMILES string of the molecule is COc1ccc(-c2ccnc(N)c2)c(F)c1. The lowest BCUT2D eigenvalue weighted by Gasteiger charge is -2.06. The molecule has 3 nitrogen and oxygen atoms in total. The molecule has 0 aliphatic rings. The van der Waals surface area contributed by atoms with Crippen molar-refractivity contribution in [2.24, 2.45) is 0 Å². The minimum absolute atomic E-state index is 0.343. The molecule has 0 fully saturated rings. The molecule has 0 aliphatic heterocycles. The van der Waals surface area contributed by atoms with Crippen LogP contribution in [0.4, 0.5) is 10.2 Å². The van der Waals surface area contributed by atoms with E-state index in [4.69, 9.17) is 10.5 Å². The molecule has 0 aliphatic carbocycles. The second-order valence-electron chi connectivity index (χ2n) is 3.32. The third-order valence-corrected chi connectivity index (χ3v) is 2.27. The first-order chi connectivity index (χ1) is 7.70. The van der Waals surface area contributed by atoms with Crippen LogP contribution in [0.15, 0.2) is 36.5 Å². The summed E-state index contributed by atoms with van der Waals surface area (Å²) in [5.74, 6) is 0.515. The lowest BCUT2D eigenvalue weighted by Crippen LogP contribution is -1.92. The van der Waals surface area contributed by atoms with Crippen molar-refractivity contribution in [3.8, 4) is 16.9 Å². The van der Waals surface area contributed by atoms with Gasteiger partial charge in [-0.15, -0.1) is 0 Å². The second kappa shape index (κ2) is 4.18. The van der Waals surface area contributed by atoms with Crippen LogP contribution >= 0.6 is 0 Å². The van der Waals surface area contributed by atoms with Gasteiger partial charge in [0.2, 0.25) is 0 Å². The molecular weight excluding hydrogens is 207 g/mol. The lowest BCUT2D eigenvalue weighted by atomic mass is 10.1. The Labute approximate surface area is 92.7 Å². The van der Waals surface area contributed by atoms with E-state index in [1.165, 1.54) is 13.2 Å². The number of aromatic nitrogens is 1. The highest BCUT2D eigenvalue weighted by molar-refractivity contribution is 5.67. The molecule has 0 unspecified atom stereocenters. The zero-order valence-electron chi connectivity index (χ0n) is 8.77. The number of nitrogens with zero attached hydrogens (tertiary/aromatic N) is 1. The fourth-order valence-electron chi connectivity index (χ4n) is 1.47. The first kappa shape index (κ1) is 10.4. The maximum absolute atomic E-state index is 13.7. The molecule has 0 atom stereocenters. The third kappa shape index (κ3) is 1.95. The van der Waals surface area contributed by atoms with Gasteiger partial charge in [0.25, 0.3) is 0 Å². The molecule has 16 heavy (non-hydrogen) atoms. The summed E-state index contributed by atoms with van der Waals surface area (Å²) in [6.45, 7) is 0. The summed E-state index contributed by atoms with van der Waals surface area (Å²) in [7, 11) is 1.50. The molecular formula is C12H11FN2O. The van der Waals surface area contributed by atoms with Crippen LogP contribution in [0.5, 0.6) is 5.75 Å². The monoisotopic (exact) mass is 218 g/mol. The van der Waals surface area contributed by atoms with Crippen LogP contribution < -0.4 is 10.5 Å². The van der Waals surface area contributed by atoms with Crippen molar-refractivity contribution >= 4 is 5.82 Å². The van der Waals surface area contributed by atoms with Crippen LogP contribution in [0.1, 0.15) is 0 Å². The van der Waals surface area contributed by atoms with Gasteiger partial charge in [0, 0.05) is 17.8 Å². The summed E-state index contributed by atoms with van der Waals surface area (Å²) in [6.07, 6.45) is 1.55. The highest BCUT2D eigenvalue weighted by Crippen LogP contribution is 2.26. The summed E-state index contributed by atoms with van der Waals surface area (Å²) in [5, 5.41) is 0. The summed E-state index contributed by atoms with van der Waals surface area (Å²) in [5.41, 5.74) is 6.73. The van der Waals surface area contributed by atoms with E-state index >= 15 is 0 Å². The van der Waals surface area contributed by atoms with Crippen molar-refractivity contribution in [2.75, 3.05) is 12.8 Å². The fraction of sp³-hybridized carbons (Fsp3) is 0.0833. The number of hydrogen-bond donors (Lipinski definition) is 1. The van der Waals surface area contributed by atoms with Crippen LogP contribution in [-0.2, 0) is 0 Å². The molecule has 4 heteroatoms. The molecule has 0 spiro atoms. The van der Waals surface area contributed by atoms with Crippen LogP contribution in [0, 0.1) is 5.82 Å². The molecule has 1 heterocycles. The van der Waals surface area contributed by atoms with Crippen LogP contribution in [0.25, 0.3) is 11.1 Å². The van der Waals surface area contributed by atoms with Crippen LogP contribution in [-0.4, -0.2) is 12.1 Å². The number of ether oxygens (including phenoxy) is 1. The maximum Gasteiger partial charge on any atom is 0.134 e. The Hall–Kier alpha value is -2.10. The number of benzene rings is 1. The Morgan fingerprint density at radius 1 is 1.25 bits per heavy atom. The molecule has 2 aromatic rings. The summed E-state index contributed by atoms with van der Waals surface area (Å²) in [4.78, 5) is 3.86. The first-order valence-electron chi connectivity index (χ1n) is 4.76. The Morgan fingerprint density at radius 2 is 2.06 bits per heavy atom. The van der Waals surface area contributed by atoms with Gasteiger partial charge in [-0.1, -0.05) is 0 Å². The highest BCUT2D eigenvalue weighted by Gasteiger charge is 2.06.